The molecule has 0 aromatic heterocycles. The van der Waals surface area contributed by atoms with Gasteiger partial charge in [-0.3, -0.25) is 4.79 Å². The standard InChI is InChI=1S/C19H26N2O3/c1-21(17-11-8-13-4-2-3-5-15(13)12-17)19(24)20-16-9-6-14(7-10-16)18(22)23/h2-5,14,16-17H,6-12H2,1H3,(H,20,24)(H,22,23). The third kappa shape index (κ3) is 3.71. The van der Waals surface area contributed by atoms with Gasteiger partial charge in [0.15, 0.2) is 0 Å². The van der Waals surface area contributed by atoms with E-state index in [1.807, 2.05) is 11.9 Å². The minimum atomic E-state index is -0.710. The first kappa shape index (κ1) is 16.8. The summed E-state index contributed by atoms with van der Waals surface area (Å²) in [6, 6.07) is 8.76. The predicted octanol–water partition coefficient (Wildman–Crippen LogP) is 2.83. The highest BCUT2D eigenvalue weighted by atomic mass is 16.4. The molecular weight excluding hydrogens is 304 g/mol. The molecule has 2 amide bonds. The lowest BCUT2D eigenvalue weighted by Crippen LogP contribution is -2.49. The van der Waals surface area contributed by atoms with Gasteiger partial charge in [-0.15, -0.1) is 0 Å². The summed E-state index contributed by atoms with van der Waals surface area (Å²) < 4.78 is 0. The molecule has 0 spiro atoms. The first-order valence-electron chi connectivity index (χ1n) is 8.87. The van der Waals surface area contributed by atoms with Crippen LogP contribution in [0.3, 0.4) is 0 Å². The molecular formula is C19H26N2O3. The Labute approximate surface area is 143 Å². The van der Waals surface area contributed by atoms with Crippen LogP contribution in [-0.4, -0.2) is 41.1 Å². The maximum Gasteiger partial charge on any atom is 0.317 e. The van der Waals surface area contributed by atoms with E-state index in [-0.39, 0.29) is 24.0 Å². The van der Waals surface area contributed by atoms with Gasteiger partial charge in [0, 0.05) is 19.1 Å². The van der Waals surface area contributed by atoms with Gasteiger partial charge in [0.05, 0.1) is 5.92 Å². The zero-order valence-electron chi connectivity index (χ0n) is 14.2. The smallest absolute Gasteiger partial charge is 0.317 e. The van der Waals surface area contributed by atoms with Crippen LogP contribution in [0.5, 0.6) is 0 Å². The maximum atomic E-state index is 12.5. The van der Waals surface area contributed by atoms with Crippen LogP contribution in [0.15, 0.2) is 24.3 Å². The van der Waals surface area contributed by atoms with Crippen molar-refractivity contribution in [3.63, 3.8) is 0 Å². The molecule has 0 aliphatic heterocycles. The fraction of sp³-hybridized carbons (Fsp3) is 0.579. The lowest BCUT2D eigenvalue weighted by Gasteiger charge is -2.34. The highest BCUT2D eigenvalue weighted by molar-refractivity contribution is 5.75. The molecule has 1 atom stereocenters. The van der Waals surface area contributed by atoms with E-state index in [2.05, 4.69) is 29.6 Å². The normalized spacial score (nSPS) is 26.3. The van der Waals surface area contributed by atoms with Crippen molar-refractivity contribution in [2.24, 2.45) is 5.92 Å². The first-order chi connectivity index (χ1) is 11.5. The van der Waals surface area contributed by atoms with Crippen LogP contribution in [-0.2, 0) is 17.6 Å². The van der Waals surface area contributed by atoms with Gasteiger partial charge in [0.2, 0.25) is 0 Å². The summed E-state index contributed by atoms with van der Waals surface area (Å²) in [5.74, 6) is -0.955. The zero-order chi connectivity index (χ0) is 17.1. The molecule has 0 heterocycles. The van der Waals surface area contributed by atoms with Crippen LogP contribution in [0.1, 0.15) is 43.2 Å². The van der Waals surface area contributed by atoms with E-state index >= 15 is 0 Å². The number of fused-ring (bicyclic) bond motifs is 1. The summed E-state index contributed by atoms with van der Waals surface area (Å²) in [6.45, 7) is 0. The minimum Gasteiger partial charge on any atom is -0.481 e. The Kier molecular flexibility index (Phi) is 5.07. The van der Waals surface area contributed by atoms with Gasteiger partial charge in [0.1, 0.15) is 0 Å². The summed E-state index contributed by atoms with van der Waals surface area (Å²) in [4.78, 5) is 25.4. The number of carboxylic acids is 1. The van der Waals surface area contributed by atoms with E-state index in [1.54, 1.807) is 0 Å². The minimum absolute atomic E-state index is 0.0295. The summed E-state index contributed by atoms with van der Waals surface area (Å²) in [7, 11) is 1.87. The Morgan fingerprint density at radius 2 is 1.75 bits per heavy atom. The second-order valence-electron chi connectivity index (χ2n) is 7.11. The molecule has 5 heteroatoms. The number of nitrogens with one attached hydrogen (secondary N) is 1. The molecule has 1 aromatic rings. The lowest BCUT2D eigenvalue weighted by molar-refractivity contribution is -0.142. The Bertz CT molecular complexity index is 608. The number of benzene rings is 1. The average molecular weight is 330 g/mol. The molecule has 0 bridgehead atoms. The van der Waals surface area contributed by atoms with E-state index in [0.717, 1.165) is 32.1 Å². The number of hydrogen-bond donors (Lipinski definition) is 2. The monoisotopic (exact) mass is 330 g/mol. The Balaban J connectivity index is 1.52. The number of carboxylic acid groups (broad SMARTS) is 1. The quantitative estimate of drug-likeness (QED) is 0.895. The molecule has 130 valence electrons. The second kappa shape index (κ2) is 7.24. The van der Waals surface area contributed by atoms with Crippen LogP contribution in [0.2, 0.25) is 0 Å². The van der Waals surface area contributed by atoms with Gasteiger partial charge in [-0.1, -0.05) is 24.3 Å². The van der Waals surface area contributed by atoms with Gasteiger partial charge in [0.25, 0.3) is 0 Å². The molecule has 3 rings (SSSR count). The third-order valence-electron chi connectivity index (χ3n) is 5.59. The number of carbonyl (C=O) groups excluding carboxylic acids is 1. The largest absolute Gasteiger partial charge is 0.481 e. The Morgan fingerprint density at radius 1 is 1.08 bits per heavy atom. The van der Waals surface area contributed by atoms with Gasteiger partial charge in [-0.2, -0.15) is 0 Å². The molecule has 0 radical (unpaired) electrons. The molecule has 5 nitrogen and oxygen atoms in total. The van der Waals surface area contributed by atoms with Crippen molar-refractivity contribution in [2.45, 2.75) is 57.0 Å². The summed E-state index contributed by atoms with van der Waals surface area (Å²) in [6.07, 6.45) is 5.73. The molecule has 1 fully saturated rings. The fourth-order valence-electron chi connectivity index (χ4n) is 3.94. The second-order valence-corrected chi connectivity index (χ2v) is 7.11. The summed E-state index contributed by atoms with van der Waals surface area (Å²) in [5, 5.41) is 12.1. The van der Waals surface area contributed by atoms with Crippen molar-refractivity contribution in [1.82, 2.24) is 10.2 Å². The predicted molar refractivity (Wildman–Crippen MR) is 91.9 cm³/mol. The van der Waals surface area contributed by atoms with Crippen molar-refractivity contribution in [2.75, 3.05) is 7.05 Å². The number of rotatable bonds is 3. The number of likely N-dealkylation sites (N-methyl/N-ethyl adjacent to an activating group) is 1. The number of carbonyl (C=O) groups is 2. The Morgan fingerprint density at radius 3 is 2.42 bits per heavy atom. The number of aryl methyl sites for hydroxylation is 1. The summed E-state index contributed by atoms with van der Waals surface area (Å²) in [5.41, 5.74) is 2.74. The van der Waals surface area contributed by atoms with Crippen molar-refractivity contribution < 1.29 is 14.7 Å². The SMILES string of the molecule is CN(C(=O)NC1CCC(C(=O)O)CC1)C1CCc2ccccc2C1. The van der Waals surface area contributed by atoms with Crippen LogP contribution in [0.25, 0.3) is 0 Å². The maximum absolute atomic E-state index is 12.5. The van der Waals surface area contributed by atoms with Crippen molar-refractivity contribution in [1.29, 1.82) is 0 Å². The van der Waals surface area contributed by atoms with E-state index in [9.17, 15) is 9.59 Å². The van der Waals surface area contributed by atoms with Crippen molar-refractivity contribution in [3.8, 4) is 0 Å². The highest BCUT2D eigenvalue weighted by Crippen LogP contribution is 2.26. The third-order valence-corrected chi connectivity index (χ3v) is 5.59. The zero-order valence-corrected chi connectivity index (χ0v) is 14.2. The number of hydrogen-bond acceptors (Lipinski definition) is 2. The number of nitrogens with zero attached hydrogens (tertiary/aromatic N) is 1. The van der Waals surface area contributed by atoms with Gasteiger partial charge >= 0.3 is 12.0 Å². The van der Waals surface area contributed by atoms with Crippen LogP contribution < -0.4 is 5.32 Å². The number of urea groups is 1. The van der Waals surface area contributed by atoms with Crippen LogP contribution >= 0.6 is 0 Å². The van der Waals surface area contributed by atoms with Crippen molar-refractivity contribution >= 4 is 12.0 Å². The molecule has 2 N–H and O–H groups in total. The van der Waals surface area contributed by atoms with Gasteiger partial charge in [-0.25, -0.2) is 4.79 Å². The average Bonchev–Trinajstić information content (AvgIpc) is 2.61. The molecule has 0 saturated heterocycles. The molecule has 1 aromatic carbocycles. The molecule has 24 heavy (non-hydrogen) atoms. The number of amides is 2. The molecule has 1 saturated carbocycles. The van der Waals surface area contributed by atoms with E-state index < -0.39 is 5.97 Å². The fourth-order valence-corrected chi connectivity index (χ4v) is 3.94. The van der Waals surface area contributed by atoms with Crippen LogP contribution in [0, 0.1) is 5.92 Å². The van der Waals surface area contributed by atoms with E-state index in [0.29, 0.717) is 12.8 Å². The topological polar surface area (TPSA) is 69.6 Å². The lowest BCUT2D eigenvalue weighted by atomic mass is 9.86. The van der Waals surface area contributed by atoms with E-state index in [1.165, 1.54) is 11.1 Å². The van der Waals surface area contributed by atoms with Gasteiger partial charge in [-0.05, 0) is 56.1 Å². The van der Waals surface area contributed by atoms with E-state index in [4.69, 9.17) is 5.11 Å². The summed E-state index contributed by atoms with van der Waals surface area (Å²) >= 11 is 0. The molecule has 1 unspecified atom stereocenters. The van der Waals surface area contributed by atoms with Crippen LogP contribution in [0.4, 0.5) is 4.79 Å². The number of aliphatic carboxylic acids is 1. The highest BCUT2D eigenvalue weighted by Gasteiger charge is 2.29. The first-order valence-corrected chi connectivity index (χ1v) is 8.87. The molecule has 2 aliphatic rings. The Hall–Kier alpha value is -2.04. The van der Waals surface area contributed by atoms with Gasteiger partial charge < -0.3 is 15.3 Å². The van der Waals surface area contributed by atoms with Crippen molar-refractivity contribution in [3.05, 3.63) is 35.4 Å². The molecule has 2 aliphatic carbocycles.